The Bertz CT molecular complexity index is 462. The number of anilines is 1. The molecule has 0 spiro atoms. The highest BCUT2D eigenvalue weighted by atomic mass is 79.9. The Morgan fingerprint density at radius 3 is 2.31 bits per heavy atom. The van der Waals surface area contributed by atoms with E-state index in [0.29, 0.717) is 5.13 Å². The van der Waals surface area contributed by atoms with Crippen molar-refractivity contribution in [1.82, 2.24) is 4.98 Å². The third kappa shape index (κ3) is 2.62. The molecular formula is C12H15BrN2S. The minimum atomic E-state index is 0. The number of nitrogen functional groups attached to an aromatic ring is 1. The van der Waals surface area contributed by atoms with E-state index < -0.39 is 0 Å². The molecule has 16 heavy (non-hydrogen) atoms. The van der Waals surface area contributed by atoms with E-state index in [0.717, 1.165) is 17.7 Å². The van der Waals surface area contributed by atoms with Gasteiger partial charge >= 0.3 is 0 Å². The molecule has 2 aromatic rings. The van der Waals surface area contributed by atoms with Gasteiger partial charge in [0.1, 0.15) is 0 Å². The number of rotatable bonds is 2. The smallest absolute Gasteiger partial charge is 0.180 e. The summed E-state index contributed by atoms with van der Waals surface area (Å²) < 4.78 is 0. The number of halogens is 1. The van der Waals surface area contributed by atoms with Crippen LogP contribution < -0.4 is 5.73 Å². The van der Waals surface area contributed by atoms with Gasteiger partial charge in [-0.2, -0.15) is 0 Å². The Balaban J connectivity index is 0.00000128. The lowest BCUT2D eigenvalue weighted by Gasteiger charge is -2.00. The number of thiazole rings is 1. The van der Waals surface area contributed by atoms with Crippen LogP contribution >= 0.6 is 28.3 Å². The van der Waals surface area contributed by atoms with Gasteiger partial charge in [-0.05, 0) is 18.9 Å². The molecule has 4 heteroatoms. The Morgan fingerprint density at radius 1 is 1.25 bits per heavy atom. The molecule has 2 nitrogen and oxygen atoms in total. The van der Waals surface area contributed by atoms with Crippen molar-refractivity contribution in [2.24, 2.45) is 0 Å². The first-order valence-corrected chi connectivity index (χ1v) is 5.84. The van der Waals surface area contributed by atoms with Gasteiger partial charge in [-0.15, -0.1) is 28.3 Å². The number of benzene rings is 1. The summed E-state index contributed by atoms with van der Waals surface area (Å²) in [5.74, 6) is 0. The third-order valence-electron chi connectivity index (χ3n) is 2.45. The van der Waals surface area contributed by atoms with E-state index in [1.807, 2.05) is 0 Å². The number of aryl methyl sites for hydroxylation is 2. The van der Waals surface area contributed by atoms with E-state index in [1.165, 1.54) is 10.4 Å². The lowest BCUT2D eigenvalue weighted by Crippen LogP contribution is -1.85. The molecule has 1 heterocycles. The van der Waals surface area contributed by atoms with Crippen LogP contribution in [0.25, 0.3) is 11.3 Å². The number of nitrogens with zero attached hydrogens (tertiary/aromatic N) is 1. The normalized spacial score (nSPS) is 9.88. The van der Waals surface area contributed by atoms with Gasteiger partial charge in [0, 0.05) is 10.4 Å². The highest BCUT2D eigenvalue weighted by Gasteiger charge is 2.07. The maximum absolute atomic E-state index is 5.68. The zero-order valence-electron chi connectivity index (χ0n) is 9.36. The van der Waals surface area contributed by atoms with Gasteiger partial charge in [0.05, 0.1) is 5.69 Å². The van der Waals surface area contributed by atoms with Crippen LogP contribution in [0.1, 0.15) is 17.4 Å². The fraction of sp³-hybridized carbons (Fsp3) is 0.250. The maximum Gasteiger partial charge on any atom is 0.180 e. The summed E-state index contributed by atoms with van der Waals surface area (Å²) in [6, 6.07) is 8.51. The fourth-order valence-corrected chi connectivity index (χ4v) is 2.29. The molecular weight excluding hydrogens is 284 g/mol. The zero-order chi connectivity index (χ0) is 10.8. The molecule has 0 unspecified atom stereocenters. The van der Waals surface area contributed by atoms with Crippen molar-refractivity contribution in [3.63, 3.8) is 0 Å². The third-order valence-corrected chi connectivity index (χ3v) is 3.25. The lowest BCUT2D eigenvalue weighted by atomic mass is 10.1. The van der Waals surface area contributed by atoms with Gasteiger partial charge in [-0.25, -0.2) is 4.98 Å². The second-order valence-corrected chi connectivity index (χ2v) is 4.74. The monoisotopic (exact) mass is 298 g/mol. The van der Waals surface area contributed by atoms with Crippen molar-refractivity contribution >= 4 is 33.4 Å². The van der Waals surface area contributed by atoms with Crippen molar-refractivity contribution < 1.29 is 0 Å². The molecule has 0 radical (unpaired) electrons. The highest BCUT2D eigenvalue weighted by molar-refractivity contribution is 8.93. The summed E-state index contributed by atoms with van der Waals surface area (Å²) in [6.45, 7) is 4.21. The quantitative estimate of drug-likeness (QED) is 0.915. The van der Waals surface area contributed by atoms with Gasteiger partial charge in [0.25, 0.3) is 0 Å². The summed E-state index contributed by atoms with van der Waals surface area (Å²) in [5.41, 5.74) is 9.19. The van der Waals surface area contributed by atoms with Gasteiger partial charge < -0.3 is 5.73 Å². The first-order chi connectivity index (χ1) is 7.20. The van der Waals surface area contributed by atoms with E-state index in [9.17, 15) is 0 Å². The molecule has 0 atom stereocenters. The van der Waals surface area contributed by atoms with Crippen molar-refractivity contribution in [2.75, 3.05) is 5.73 Å². The van der Waals surface area contributed by atoms with Crippen LogP contribution in [0.5, 0.6) is 0 Å². The van der Waals surface area contributed by atoms with Crippen LogP contribution in [0.15, 0.2) is 24.3 Å². The Kier molecular flexibility index (Phi) is 4.50. The predicted molar refractivity (Wildman–Crippen MR) is 76.4 cm³/mol. The van der Waals surface area contributed by atoms with E-state index >= 15 is 0 Å². The van der Waals surface area contributed by atoms with Crippen molar-refractivity contribution in [2.45, 2.75) is 20.3 Å². The summed E-state index contributed by atoms with van der Waals surface area (Å²) in [5, 5.41) is 0.641. The second-order valence-electron chi connectivity index (χ2n) is 3.51. The number of aromatic nitrogens is 1. The fourth-order valence-electron chi connectivity index (χ4n) is 1.58. The van der Waals surface area contributed by atoms with Crippen LogP contribution in [0, 0.1) is 6.92 Å². The van der Waals surface area contributed by atoms with Gasteiger partial charge in [-0.3, -0.25) is 0 Å². The zero-order valence-corrected chi connectivity index (χ0v) is 11.9. The van der Waals surface area contributed by atoms with Crippen LogP contribution in [-0.2, 0) is 6.42 Å². The molecule has 0 fully saturated rings. The first kappa shape index (κ1) is 13.2. The van der Waals surface area contributed by atoms with Crippen LogP contribution in [-0.4, -0.2) is 4.98 Å². The summed E-state index contributed by atoms with van der Waals surface area (Å²) in [4.78, 5) is 5.51. The molecule has 0 amide bonds. The van der Waals surface area contributed by atoms with E-state index in [2.05, 4.69) is 43.1 Å². The standard InChI is InChI=1S/C12H14N2S.BrH/c1-3-9-4-6-10(7-5-9)11-8(2)15-12(13)14-11;/h4-7H,3H2,1-2H3,(H2,13,14);1H. The lowest BCUT2D eigenvalue weighted by molar-refractivity contribution is 1.14. The summed E-state index contributed by atoms with van der Waals surface area (Å²) in [6.07, 6.45) is 1.07. The molecule has 2 rings (SSSR count). The number of hydrogen-bond donors (Lipinski definition) is 1. The SMILES string of the molecule is Br.CCc1ccc(-c2nc(N)sc2C)cc1. The van der Waals surface area contributed by atoms with Gasteiger partial charge in [0.2, 0.25) is 0 Å². The van der Waals surface area contributed by atoms with Crippen LogP contribution in [0.2, 0.25) is 0 Å². The van der Waals surface area contributed by atoms with Crippen LogP contribution in [0.3, 0.4) is 0 Å². The maximum atomic E-state index is 5.68. The predicted octanol–water partition coefficient (Wildman–Crippen LogP) is 3.84. The minimum Gasteiger partial charge on any atom is -0.375 e. The average molecular weight is 299 g/mol. The van der Waals surface area contributed by atoms with Crippen molar-refractivity contribution in [1.29, 1.82) is 0 Å². The Labute approximate surface area is 110 Å². The Hall–Kier alpha value is -0.870. The number of hydrogen-bond acceptors (Lipinski definition) is 3. The molecule has 0 saturated heterocycles. The van der Waals surface area contributed by atoms with E-state index in [-0.39, 0.29) is 17.0 Å². The molecule has 0 aliphatic heterocycles. The molecule has 0 bridgehead atoms. The summed E-state index contributed by atoms with van der Waals surface area (Å²) in [7, 11) is 0. The molecule has 0 saturated carbocycles. The molecule has 0 aliphatic rings. The van der Waals surface area contributed by atoms with Gasteiger partial charge in [-0.1, -0.05) is 31.2 Å². The van der Waals surface area contributed by atoms with Crippen molar-refractivity contribution in [3.05, 3.63) is 34.7 Å². The van der Waals surface area contributed by atoms with Gasteiger partial charge in [0.15, 0.2) is 5.13 Å². The first-order valence-electron chi connectivity index (χ1n) is 5.03. The average Bonchev–Trinajstić information content (AvgIpc) is 2.58. The minimum absolute atomic E-state index is 0. The Morgan fingerprint density at radius 2 is 1.88 bits per heavy atom. The van der Waals surface area contributed by atoms with Crippen molar-refractivity contribution in [3.8, 4) is 11.3 Å². The topological polar surface area (TPSA) is 38.9 Å². The van der Waals surface area contributed by atoms with E-state index in [1.54, 1.807) is 11.3 Å². The largest absolute Gasteiger partial charge is 0.375 e. The van der Waals surface area contributed by atoms with Crippen LogP contribution in [0.4, 0.5) is 5.13 Å². The second kappa shape index (κ2) is 5.46. The van der Waals surface area contributed by atoms with E-state index in [4.69, 9.17) is 5.73 Å². The molecule has 0 aliphatic carbocycles. The molecule has 86 valence electrons. The molecule has 2 N–H and O–H groups in total. The summed E-state index contributed by atoms with van der Waals surface area (Å²) >= 11 is 1.54. The highest BCUT2D eigenvalue weighted by Crippen LogP contribution is 2.28. The number of nitrogens with two attached hydrogens (primary N) is 1. The molecule has 1 aromatic carbocycles. The molecule has 1 aromatic heterocycles.